The predicted octanol–water partition coefficient (Wildman–Crippen LogP) is 1.51. The van der Waals surface area contributed by atoms with E-state index < -0.39 is 12.0 Å². The summed E-state index contributed by atoms with van der Waals surface area (Å²) in [6, 6.07) is 3.35. The summed E-state index contributed by atoms with van der Waals surface area (Å²) in [6.45, 7) is 4.43. The number of hydrogen-bond acceptors (Lipinski definition) is 6. The van der Waals surface area contributed by atoms with Gasteiger partial charge in [-0.25, -0.2) is 0 Å². The lowest BCUT2D eigenvalue weighted by atomic mass is 9.80. The highest BCUT2D eigenvalue weighted by Crippen LogP contribution is 2.35. The van der Waals surface area contributed by atoms with Crippen LogP contribution in [0.3, 0.4) is 0 Å². The van der Waals surface area contributed by atoms with Crippen molar-refractivity contribution in [1.29, 1.82) is 0 Å². The van der Waals surface area contributed by atoms with Crippen molar-refractivity contribution in [2.75, 3.05) is 6.61 Å². The van der Waals surface area contributed by atoms with E-state index in [9.17, 15) is 14.4 Å². The number of esters is 1. The number of amides is 1. The topological polar surface area (TPSA) is 86.0 Å². The van der Waals surface area contributed by atoms with Crippen LogP contribution in [0.1, 0.15) is 32.4 Å². The summed E-state index contributed by atoms with van der Waals surface area (Å²) in [5, 5.41) is 0. The van der Waals surface area contributed by atoms with Crippen LogP contribution in [0.25, 0.3) is 0 Å². The maximum Gasteiger partial charge on any atom is 0.305 e. The van der Waals surface area contributed by atoms with E-state index in [0.29, 0.717) is 31.8 Å². The molecule has 2 rings (SSSR count). The number of hydrogen-bond donors (Lipinski definition) is 0. The first kappa shape index (κ1) is 17.1. The molecule has 1 aromatic rings. The van der Waals surface area contributed by atoms with E-state index in [1.165, 1.54) is 0 Å². The van der Waals surface area contributed by atoms with Gasteiger partial charge in [0, 0.05) is 12.5 Å². The van der Waals surface area contributed by atoms with Crippen molar-refractivity contribution in [3.05, 3.63) is 24.2 Å². The molecule has 0 aliphatic carbocycles. The first-order chi connectivity index (χ1) is 11.1. The van der Waals surface area contributed by atoms with E-state index in [1.807, 2.05) is 0 Å². The molecule has 0 bridgehead atoms. The molecular formula is C16H21NO6. The Morgan fingerprint density at radius 1 is 1.52 bits per heavy atom. The van der Waals surface area contributed by atoms with Crippen molar-refractivity contribution in [3.8, 4) is 0 Å². The van der Waals surface area contributed by atoms with Crippen LogP contribution in [0.4, 0.5) is 0 Å². The molecule has 1 aliphatic rings. The monoisotopic (exact) mass is 323 g/mol. The van der Waals surface area contributed by atoms with Gasteiger partial charge in [-0.1, -0.05) is 0 Å². The van der Waals surface area contributed by atoms with Crippen molar-refractivity contribution >= 4 is 18.3 Å². The lowest BCUT2D eigenvalue weighted by molar-refractivity contribution is -0.172. The zero-order valence-corrected chi connectivity index (χ0v) is 13.3. The molecule has 23 heavy (non-hydrogen) atoms. The minimum Gasteiger partial charge on any atom is -0.467 e. The summed E-state index contributed by atoms with van der Waals surface area (Å²) in [4.78, 5) is 36.1. The molecule has 1 fully saturated rings. The number of carbonyl (C=O) groups is 3. The highest BCUT2D eigenvalue weighted by molar-refractivity contribution is 5.87. The van der Waals surface area contributed by atoms with Gasteiger partial charge in [-0.15, -0.1) is 0 Å². The zero-order valence-electron chi connectivity index (χ0n) is 13.3. The number of rotatable bonds is 9. The number of nitrogens with zero attached hydrogens (tertiary/aromatic N) is 1. The number of likely N-dealkylation sites (tertiary alicyclic amines) is 1. The van der Waals surface area contributed by atoms with Crippen LogP contribution >= 0.6 is 0 Å². The molecule has 3 atom stereocenters. The highest BCUT2D eigenvalue weighted by Gasteiger charge is 2.50. The summed E-state index contributed by atoms with van der Waals surface area (Å²) >= 11 is 0. The Hall–Kier alpha value is -2.31. The van der Waals surface area contributed by atoms with Crippen molar-refractivity contribution in [2.45, 2.75) is 45.4 Å². The third-order valence-electron chi connectivity index (χ3n) is 4.01. The molecule has 0 spiro atoms. The van der Waals surface area contributed by atoms with E-state index in [4.69, 9.17) is 13.9 Å². The number of β-lactam (4-membered cyclic amide) rings is 1. The number of ether oxygens (including phenoxy) is 2. The Labute approximate surface area is 134 Å². The molecule has 1 aromatic heterocycles. The smallest absolute Gasteiger partial charge is 0.305 e. The zero-order chi connectivity index (χ0) is 16.8. The van der Waals surface area contributed by atoms with Crippen molar-refractivity contribution in [1.82, 2.24) is 4.90 Å². The SMILES string of the molecule is CCOC(=O)CCC1C(C(C)OC=O)C(=O)N1Cc1ccco1. The molecule has 2 heterocycles. The first-order valence-corrected chi connectivity index (χ1v) is 7.66. The normalized spacial score (nSPS) is 21.5. The fraction of sp³-hybridized carbons (Fsp3) is 0.562. The van der Waals surface area contributed by atoms with Crippen molar-refractivity contribution in [2.24, 2.45) is 5.92 Å². The maximum absolute atomic E-state index is 12.4. The lowest BCUT2D eigenvalue weighted by Crippen LogP contribution is -2.63. The third-order valence-corrected chi connectivity index (χ3v) is 4.01. The van der Waals surface area contributed by atoms with Crippen LogP contribution < -0.4 is 0 Å². The van der Waals surface area contributed by atoms with Crippen LogP contribution in [0.2, 0.25) is 0 Å². The van der Waals surface area contributed by atoms with E-state index in [0.717, 1.165) is 0 Å². The summed E-state index contributed by atoms with van der Waals surface area (Å²) < 4.78 is 15.1. The fourth-order valence-corrected chi connectivity index (χ4v) is 2.92. The largest absolute Gasteiger partial charge is 0.467 e. The van der Waals surface area contributed by atoms with Gasteiger partial charge in [0.05, 0.1) is 25.3 Å². The second-order valence-electron chi connectivity index (χ2n) is 5.42. The Balaban J connectivity index is 2.02. The maximum atomic E-state index is 12.4. The van der Waals surface area contributed by atoms with Gasteiger partial charge < -0.3 is 18.8 Å². The first-order valence-electron chi connectivity index (χ1n) is 7.66. The van der Waals surface area contributed by atoms with Gasteiger partial charge in [0.15, 0.2) is 0 Å². The number of carbonyl (C=O) groups excluding carboxylic acids is 3. The van der Waals surface area contributed by atoms with Gasteiger partial charge in [0.25, 0.3) is 6.47 Å². The molecule has 126 valence electrons. The quantitative estimate of drug-likeness (QED) is 0.389. The van der Waals surface area contributed by atoms with Gasteiger partial charge in [0.1, 0.15) is 11.9 Å². The molecule has 0 N–H and O–H groups in total. The molecule has 3 unspecified atom stereocenters. The predicted molar refractivity (Wildman–Crippen MR) is 79.0 cm³/mol. The second kappa shape index (κ2) is 7.80. The van der Waals surface area contributed by atoms with Gasteiger partial charge in [0.2, 0.25) is 5.91 Å². The average Bonchev–Trinajstić information content (AvgIpc) is 3.02. The Morgan fingerprint density at radius 2 is 2.30 bits per heavy atom. The highest BCUT2D eigenvalue weighted by atomic mass is 16.5. The van der Waals surface area contributed by atoms with Crippen molar-refractivity contribution < 1.29 is 28.3 Å². The van der Waals surface area contributed by atoms with Gasteiger partial charge in [-0.2, -0.15) is 0 Å². The Morgan fingerprint density at radius 3 is 2.91 bits per heavy atom. The van der Waals surface area contributed by atoms with Crippen molar-refractivity contribution in [3.63, 3.8) is 0 Å². The van der Waals surface area contributed by atoms with Gasteiger partial charge in [-0.3, -0.25) is 14.4 Å². The summed E-state index contributed by atoms with van der Waals surface area (Å²) in [5.41, 5.74) is 0. The van der Waals surface area contributed by atoms with E-state index in [-0.39, 0.29) is 24.3 Å². The van der Waals surface area contributed by atoms with E-state index >= 15 is 0 Å². The summed E-state index contributed by atoms with van der Waals surface area (Å²) in [5.74, 6) is -0.177. The molecule has 1 aliphatic heterocycles. The average molecular weight is 323 g/mol. The van der Waals surface area contributed by atoms with Gasteiger partial charge in [-0.05, 0) is 32.4 Å². The van der Waals surface area contributed by atoms with Crippen LogP contribution in [0.15, 0.2) is 22.8 Å². The van der Waals surface area contributed by atoms with E-state index in [1.54, 1.807) is 37.1 Å². The summed E-state index contributed by atoms with van der Waals surface area (Å²) in [7, 11) is 0. The Kier molecular flexibility index (Phi) is 5.78. The number of furan rings is 1. The lowest BCUT2D eigenvalue weighted by Gasteiger charge is -2.48. The molecule has 0 radical (unpaired) electrons. The van der Waals surface area contributed by atoms with Crippen LogP contribution in [-0.4, -0.2) is 42.0 Å². The molecule has 7 nitrogen and oxygen atoms in total. The molecule has 7 heteroatoms. The fourth-order valence-electron chi connectivity index (χ4n) is 2.92. The minimum atomic E-state index is -0.528. The van der Waals surface area contributed by atoms with Gasteiger partial charge >= 0.3 is 5.97 Å². The molecule has 1 saturated heterocycles. The van der Waals surface area contributed by atoms with Crippen LogP contribution in [0, 0.1) is 5.92 Å². The second-order valence-corrected chi connectivity index (χ2v) is 5.42. The van der Waals surface area contributed by atoms with Crippen LogP contribution in [0.5, 0.6) is 0 Å². The molecule has 0 saturated carbocycles. The van der Waals surface area contributed by atoms with Crippen LogP contribution in [-0.2, 0) is 30.4 Å². The standard InChI is InChI=1S/C16H21NO6/c1-3-21-14(19)7-6-13-15(11(2)23-10-18)16(20)17(13)9-12-5-4-8-22-12/h4-5,8,10-11,13,15H,3,6-7,9H2,1-2H3. The Bertz CT molecular complexity index is 541. The molecule has 0 aromatic carbocycles. The van der Waals surface area contributed by atoms with E-state index in [2.05, 4.69) is 0 Å². The third kappa shape index (κ3) is 3.91. The molecule has 1 amide bonds. The summed E-state index contributed by atoms with van der Waals surface area (Å²) in [6.07, 6.45) is 1.69. The molecular weight excluding hydrogens is 302 g/mol. The minimum absolute atomic E-state index is 0.107.